The Morgan fingerprint density at radius 1 is 1.06 bits per heavy atom. The van der Waals surface area contributed by atoms with Gasteiger partial charge in [-0.1, -0.05) is 19.1 Å². The number of benzene rings is 1. The van der Waals surface area contributed by atoms with E-state index in [1.54, 1.807) is 0 Å². The van der Waals surface area contributed by atoms with E-state index >= 15 is 0 Å². The van der Waals surface area contributed by atoms with Crippen molar-refractivity contribution in [3.05, 3.63) is 61.9 Å². The minimum absolute atomic E-state index is 0.203. The van der Waals surface area contributed by atoms with E-state index in [4.69, 9.17) is 0 Å². The van der Waals surface area contributed by atoms with Crippen LogP contribution in [-0.4, -0.2) is 25.9 Å². The summed E-state index contributed by atoms with van der Waals surface area (Å²) in [6, 6.07) is 3.45. The number of hydrogen-bond donors (Lipinski definition) is 2. The molecule has 0 radical (unpaired) electrons. The van der Waals surface area contributed by atoms with E-state index in [-0.39, 0.29) is 5.65 Å². The largest absolute Gasteiger partial charge is 0.416 e. The molecule has 12 heteroatoms. The van der Waals surface area contributed by atoms with Crippen LogP contribution in [0, 0.1) is 5.41 Å². The molecule has 166 valence electrons. The third kappa shape index (κ3) is 3.98. The van der Waals surface area contributed by atoms with Crippen molar-refractivity contribution >= 4 is 11.0 Å². The predicted molar refractivity (Wildman–Crippen MR) is 97.7 cm³/mol. The molecule has 0 aliphatic heterocycles. The van der Waals surface area contributed by atoms with E-state index in [0.717, 1.165) is 16.8 Å². The number of halogens is 6. The SMILES string of the molecule is CC1([C@@H](c2ccc(C(F)(F)F)cc2)n2nc(CC(F)(F)F)c3c(=O)[nH]c(=O)[nH]c32)CC1. The van der Waals surface area contributed by atoms with Gasteiger partial charge in [-0.25, -0.2) is 9.48 Å². The van der Waals surface area contributed by atoms with Gasteiger partial charge in [0.05, 0.1) is 23.7 Å². The molecule has 6 nitrogen and oxygen atoms in total. The molecular weight excluding hydrogens is 430 g/mol. The van der Waals surface area contributed by atoms with Gasteiger partial charge in [0.2, 0.25) is 0 Å². The van der Waals surface area contributed by atoms with Crippen LogP contribution >= 0.6 is 0 Å². The van der Waals surface area contributed by atoms with E-state index in [9.17, 15) is 35.9 Å². The highest BCUT2D eigenvalue weighted by molar-refractivity contribution is 5.77. The fourth-order valence-electron chi connectivity index (χ4n) is 3.81. The Morgan fingerprint density at radius 3 is 2.19 bits per heavy atom. The predicted octanol–water partition coefficient (Wildman–Crippen LogP) is 3.93. The summed E-state index contributed by atoms with van der Waals surface area (Å²) in [5.74, 6) is 0. The highest BCUT2D eigenvalue weighted by Gasteiger charge is 2.48. The number of nitrogens with one attached hydrogen (secondary N) is 2. The molecule has 1 aliphatic rings. The quantitative estimate of drug-likeness (QED) is 0.596. The van der Waals surface area contributed by atoms with Crippen LogP contribution in [0.4, 0.5) is 26.3 Å². The lowest BCUT2D eigenvalue weighted by Gasteiger charge is -2.25. The maximum atomic E-state index is 13.1. The van der Waals surface area contributed by atoms with Gasteiger partial charge in [-0.3, -0.25) is 14.8 Å². The second kappa shape index (κ2) is 6.72. The first-order valence-electron chi connectivity index (χ1n) is 9.26. The standard InChI is InChI=1S/C19H16F6N4O2/c1-17(6-7-17)13(9-2-4-10(5-3-9)19(23,24)25)29-14-12(15(30)27-16(31)26-14)11(28-29)8-18(20,21)22/h2-5,13H,6-8H2,1H3,(H2,26,27,30,31)/t13-/m1/s1. The number of rotatable bonds is 4. The Morgan fingerprint density at radius 2 is 1.68 bits per heavy atom. The van der Waals surface area contributed by atoms with Gasteiger partial charge in [-0.15, -0.1) is 0 Å². The summed E-state index contributed by atoms with van der Waals surface area (Å²) >= 11 is 0. The monoisotopic (exact) mass is 446 g/mol. The van der Waals surface area contributed by atoms with Crippen LogP contribution in [0.2, 0.25) is 0 Å². The first-order valence-corrected chi connectivity index (χ1v) is 9.26. The van der Waals surface area contributed by atoms with E-state index < -0.39 is 58.1 Å². The smallest absolute Gasteiger partial charge is 0.292 e. The molecule has 1 saturated carbocycles. The van der Waals surface area contributed by atoms with Crippen LogP contribution in [-0.2, 0) is 12.6 Å². The molecule has 0 amide bonds. The highest BCUT2D eigenvalue weighted by Crippen LogP contribution is 2.56. The molecule has 1 aliphatic carbocycles. The van der Waals surface area contributed by atoms with Gasteiger partial charge in [-0.2, -0.15) is 31.4 Å². The summed E-state index contributed by atoms with van der Waals surface area (Å²) in [4.78, 5) is 28.3. The average Bonchev–Trinajstić information content (AvgIpc) is 3.27. The molecule has 1 aromatic carbocycles. The fourth-order valence-corrected chi connectivity index (χ4v) is 3.81. The minimum atomic E-state index is -4.66. The van der Waals surface area contributed by atoms with Crippen molar-refractivity contribution < 1.29 is 26.3 Å². The van der Waals surface area contributed by atoms with Crippen molar-refractivity contribution in [3.63, 3.8) is 0 Å². The van der Waals surface area contributed by atoms with E-state index in [2.05, 4.69) is 10.1 Å². The normalized spacial score (nSPS) is 17.1. The number of fused-ring (bicyclic) bond motifs is 1. The lowest BCUT2D eigenvalue weighted by molar-refractivity contribution is -0.137. The first kappa shape index (κ1) is 21.2. The van der Waals surface area contributed by atoms with Gasteiger partial charge in [0.15, 0.2) is 0 Å². The zero-order chi connectivity index (χ0) is 22.8. The first-order chi connectivity index (χ1) is 14.3. The molecule has 4 rings (SSSR count). The second-order valence-electron chi connectivity index (χ2n) is 7.99. The summed E-state index contributed by atoms with van der Waals surface area (Å²) < 4.78 is 79.2. The number of H-pyrrole nitrogens is 2. The van der Waals surface area contributed by atoms with Crippen molar-refractivity contribution in [2.24, 2.45) is 5.41 Å². The summed E-state index contributed by atoms with van der Waals surface area (Å²) in [6.07, 6.45) is -9.43. The van der Waals surface area contributed by atoms with Crippen LogP contribution in [0.3, 0.4) is 0 Å². The average molecular weight is 446 g/mol. The van der Waals surface area contributed by atoms with E-state index in [1.807, 2.05) is 11.9 Å². The molecule has 31 heavy (non-hydrogen) atoms. The van der Waals surface area contributed by atoms with Gasteiger partial charge in [0, 0.05) is 0 Å². The number of aromatic nitrogens is 4. The Hall–Kier alpha value is -3.05. The summed E-state index contributed by atoms with van der Waals surface area (Å²) in [7, 11) is 0. The minimum Gasteiger partial charge on any atom is -0.292 e. The van der Waals surface area contributed by atoms with Gasteiger partial charge in [0.1, 0.15) is 11.0 Å². The maximum Gasteiger partial charge on any atom is 0.416 e. The van der Waals surface area contributed by atoms with Crippen molar-refractivity contribution in [2.45, 2.75) is 44.6 Å². The number of aromatic amines is 2. The van der Waals surface area contributed by atoms with E-state index in [1.165, 1.54) is 12.1 Å². The van der Waals surface area contributed by atoms with Gasteiger partial charge >= 0.3 is 18.0 Å². The molecule has 0 saturated heterocycles. The van der Waals surface area contributed by atoms with E-state index in [0.29, 0.717) is 18.4 Å². The third-order valence-electron chi connectivity index (χ3n) is 5.53. The Bertz CT molecular complexity index is 1250. The number of hydrogen-bond acceptors (Lipinski definition) is 3. The highest BCUT2D eigenvalue weighted by atomic mass is 19.4. The maximum absolute atomic E-state index is 13.1. The zero-order valence-corrected chi connectivity index (χ0v) is 16.0. The van der Waals surface area contributed by atoms with Gasteiger partial charge in [-0.05, 0) is 36.0 Å². The Balaban J connectivity index is 1.94. The van der Waals surface area contributed by atoms with Crippen molar-refractivity contribution in [2.75, 3.05) is 0 Å². The lowest BCUT2D eigenvalue weighted by atomic mass is 9.91. The molecule has 1 fully saturated rings. The van der Waals surface area contributed by atoms with Gasteiger partial charge in [0.25, 0.3) is 5.56 Å². The lowest BCUT2D eigenvalue weighted by Crippen LogP contribution is -2.26. The molecule has 3 aromatic rings. The van der Waals surface area contributed by atoms with Crippen molar-refractivity contribution in [1.82, 2.24) is 19.7 Å². The molecule has 0 spiro atoms. The number of alkyl halides is 6. The van der Waals surface area contributed by atoms with Crippen molar-refractivity contribution in [1.29, 1.82) is 0 Å². The van der Waals surface area contributed by atoms with Crippen LogP contribution in [0.5, 0.6) is 0 Å². The van der Waals surface area contributed by atoms with Crippen LogP contribution < -0.4 is 11.2 Å². The summed E-state index contributed by atoms with van der Waals surface area (Å²) in [6.45, 7) is 1.82. The summed E-state index contributed by atoms with van der Waals surface area (Å²) in [5.41, 5.74) is -3.73. The summed E-state index contributed by atoms with van der Waals surface area (Å²) in [5, 5.41) is 3.61. The Labute approximate surface area is 169 Å². The van der Waals surface area contributed by atoms with Crippen LogP contribution in [0.25, 0.3) is 11.0 Å². The number of nitrogens with zero attached hydrogens (tertiary/aromatic N) is 2. The fraction of sp³-hybridized carbons (Fsp3) is 0.421. The molecule has 1 atom stereocenters. The van der Waals surface area contributed by atoms with Crippen LogP contribution in [0.1, 0.15) is 42.6 Å². The van der Waals surface area contributed by atoms with Crippen LogP contribution in [0.15, 0.2) is 33.9 Å². The molecular formula is C19H16F6N4O2. The molecule has 2 aromatic heterocycles. The second-order valence-corrected chi connectivity index (χ2v) is 7.99. The van der Waals surface area contributed by atoms with Crippen molar-refractivity contribution in [3.8, 4) is 0 Å². The Kier molecular flexibility index (Phi) is 4.60. The topological polar surface area (TPSA) is 83.5 Å². The third-order valence-corrected chi connectivity index (χ3v) is 5.53. The molecule has 0 unspecified atom stereocenters. The molecule has 2 N–H and O–H groups in total. The molecule has 2 heterocycles. The zero-order valence-electron chi connectivity index (χ0n) is 16.0. The van der Waals surface area contributed by atoms with Gasteiger partial charge < -0.3 is 0 Å². The molecule has 0 bridgehead atoms.